The quantitative estimate of drug-likeness (QED) is 0.868. The van der Waals surface area contributed by atoms with Gasteiger partial charge >= 0.3 is 0 Å². The van der Waals surface area contributed by atoms with Gasteiger partial charge < -0.3 is 5.73 Å². The molecule has 2 nitrogen and oxygen atoms in total. The average molecular weight is 232 g/mol. The van der Waals surface area contributed by atoms with Crippen molar-refractivity contribution in [2.75, 3.05) is 6.54 Å². The fourth-order valence-electron chi connectivity index (χ4n) is 3.04. The Kier molecular flexibility index (Phi) is 3.55. The minimum atomic E-state index is 0.0251. The number of rotatable bonds is 3. The van der Waals surface area contributed by atoms with E-state index in [1.165, 1.54) is 24.9 Å². The van der Waals surface area contributed by atoms with Crippen LogP contribution in [0.25, 0.3) is 0 Å². The van der Waals surface area contributed by atoms with Crippen molar-refractivity contribution in [3.8, 4) is 0 Å². The molecule has 1 heterocycles. The molecule has 0 radical (unpaired) electrons. The van der Waals surface area contributed by atoms with Gasteiger partial charge in [-0.1, -0.05) is 30.3 Å². The second-order valence-corrected chi connectivity index (χ2v) is 5.73. The van der Waals surface area contributed by atoms with Crippen molar-refractivity contribution >= 4 is 0 Å². The summed E-state index contributed by atoms with van der Waals surface area (Å²) in [6.45, 7) is 8.03. The van der Waals surface area contributed by atoms with Crippen LogP contribution in [0.3, 0.4) is 0 Å². The topological polar surface area (TPSA) is 29.3 Å². The average Bonchev–Trinajstić information content (AvgIpc) is 2.76. The Labute approximate surface area is 105 Å². The first-order chi connectivity index (χ1) is 8.03. The van der Waals surface area contributed by atoms with Gasteiger partial charge in [0.2, 0.25) is 0 Å². The molecule has 0 aliphatic carbocycles. The van der Waals surface area contributed by atoms with Gasteiger partial charge in [-0.2, -0.15) is 0 Å². The first-order valence-electron chi connectivity index (χ1n) is 6.60. The Morgan fingerprint density at radius 3 is 2.47 bits per heavy atom. The Morgan fingerprint density at radius 2 is 1.94 bits per heavy atom. The molecule has 0 saturated carbocycles. The molecule has 1 aliphatic heterocycles. The van der Waals surface area contributed by atoms with E-state index < -0.39 is 0 Å². The Balaban J connectivity index is 2.20. The molecule has 2 N–H and O–H groups in total. The number of benzene rings is 1. The first-order valence-corrected chi connectivity index (χ1v) is 6.60. The van der Waals surface area contributed by atoms with Crippen molar-refractivity contribution in [3.05, 3.63) is 35.9 Å². The summed E-state index contributed by atoms with van der Waals surface area (Å²) in [5, 5.41) is 0. The summed E-state index contributed by atoms with van der Waals surface area (Å²) >= 11 is 0. The van der Waals surface area contributed by atoms with Crippen LogP contribution >= 0.6 is 0 Å². The standard InChI is InChI=1S/C15H24N2/c1-12-8-7-11-17(12)15(2,3)14(16)13-9-5-4-6-10-13/h4-6,9-10,12,14H,7-8,11,16H2,1-3H3/t12-,14+/m1/s1. The summed E-state index contributed by atoms with van der Waals surface area (Å²) in [4.78, 5) is 2.56. The van der Waals surface area contributed by atoms with Crippen LogP contribution in [0.4, 0.5) is 0 Å². The molecule has 1 fully saturated rings. The van der Waals surface area contributed by atoms with Crippen LogP contribution in [0, 0.1) is 0 Å². The normalized spacial score (nSPS) is 23.9. The molecule has 1 aromatic rings. The Morgan fingerprint density at radius 1 is 1.29 bits per heavy atom. The van der Waals surface area contributed by atoms with Crippen LogP contribution < -0.4 is 5.73 Å². The number of likely N-dealkylation sites (tertiary alicyclic amines) is 1. The summed E-state index contributed by atoms with van der Waals surface area (Å²) in [6, 6.07) is 11.2. The maximum Gasteiger partial charge on any atom is 0.0476 e. The number of nitrogens with two attached hydrogens (primary N) is 1. The fourth-order valence-corrected chi connectivity index (χ4v) is 3.04. The molecule has 1 aliphatic rings. The highest BCUT2D eigenvalue weighted by atomic mass is 15.2. The molecule has 0 aromatic heterocycles. The number of nitrogens with zero attached hydrogens (tertiary/aromatic N) is 1. The summed E-state index contributed by atoms with van der Waals surface area (Å²) in [5.74, 6) is 0. The minimum Gasteiger partial charge on any atom is -0.322 e. The van der Waals surface area contributed by atoms with E-state index in [-0.39, 0.29) is 11.6 Å². The zero-order valence-electron chi connectivity index (χ0n) is 11.2. The lowest BCUT2D eigenvalue weighted by Crippen LogP contribution is -2.52. The zero-order chi connectivity index (χ0) is 12.5. The zero-order valence-corrected chi connectivity index (χ0v) is 11.2. The molecule has 2 atom stereocenters. The Hall–Kier alpha value is -0.860. The monoisotopic (exact) mass is 232 g/mol. The van der Waals surface area contributed by atoms with Gasteiger partial charge in [0.05, 0.1) is 0 Å². The molecule has 1 aromatic carbocycles. The second-order valence-electron chi connectivity index (χ2n) is 5.73. The van der Waals surface area contributed by atoms with Crippen LogP contribution in [0.15, 0.2) is 30.3 Å². The summed E-state index contributed by atoms with van der Waals surface area (Å²) < 4.78 is 0. The molecule has 17 heavy (non-hydrogen) atoms. The van der Waals surface area contributed by atoms with Crippen LogP contribution in [0.5, 0.6) is 0 Å². The van der Waals surface area contributed by atoms with E-state index >= 15 is 0 Å². The maximum absolute atomic E-state index is 6.47. The van der Waals surface area contributed by atoms with Gasteiger partial charge in [-0.25, -0.2) is 0 Å². The summed E-state index contributed by atoms with van der Waals surface area (Å²) in [6.07, 6.45) is 2.59. The van der Waals surface area contributed by atoms with Gasteiger partial charge in [0.25, 0.3) is 0 Å². The molecule has 0 spiro atoms. The van der Waals surface area contributed by atoms with Crippen LogP contribution in [0.2, 0.25) is 0 Å². The predicted octanol–water partition coefficient (Wildman–Crippen LogP) is 2.95. The van der Waals surface area contributed by atoms with E-state index in [4.69, 9.17) is 5.73 Å². The highest BCUT2D eigenvalue weighted by molar-refractivity contribution is 5.22. The smallest absolute Gasteiger partial charge is 0.0476 e. The van der Waals surface area contributed by atoms with Crippen molar-refractivity contribution in [3.63, 3.8) is 0 Å². The van der Waals surface area contributed by atoms with Gasteiger partial charge in [-0.3, -0.25) is 4.90 Å². The van der Waals surface area contributed by atoms with Gasteiger partial charge in [-0.15, -0.1) is 0 Å². The van der Waals surface area contributed by atoms with Crippen molar-refractivity contribution in [1.29, 1.82) is 0 Å². The first kappa shape index (κ1) is 12.6. The molecule has 2 heteroatoms. The third-order valence-electron chi connectivity index (χ3n) is 4.21. The SMILES string of the molecule is C[C@@H]1CCCN1C(C)(C)[C@@H](N)c1ccccc1. The highest BCUT2D eigenvalue weighted by Gasteiger charge is 2.38. The Bertz CT molecular complexity index is 358. The third kappa shape index (κ3) is 2.38. The van der Waals surface area contributed by atoms with Gasteiger partial charge in [0, 0.05) is 17.6 Å². The molecular formula is C15H24N2. The van der Waals surface area contributed by atoms with Crippen molar-refractivity contribution in [2.45, 2.75) is 51.2 Å². The molecular weight excluding hydrogens is 208 g/mol. The van der Waals surface area contributed by atoms with E-state index in [0.717, 1.165) is 0 Å². The van der Waals surface area contributed by atoms with Gasteiger partial charge in [-0.05, 0) is 45.7 Å². The summed E-state index contributed by atoms with van der Waals surface area (Å²) in [5.41, 5.74) is 7.73. The highest BCUT2D eigenvalue weighted by Crippen LogP contribution is 2.34. The molecule has 0 unspecified atom stereocenters. The predicted molar refractivity (Wildman–Crippen MR) is 72.9 cm³/mol. The van der Waals surface area contributed by atoms with Crippen LogP contribution in [-0.4, -0.2) is 23.0 Å². The van der Waals surface area contributed by atoms with E-state index in [2.05, 4.69) is 49.9 Å². The molecule has 0 amide bonds. The second kappa shape index (κ2) is 4.79. The number of hydrogen-bond donors (Lipinski definition) is 1. The summed E-state index contributed by atoms with van der Waals surface area (Å²) in [7, 11) is 0. The van der Waals surface area contributed by atoms with Crippen molar-refractivity contribution in [2.24, 2.45) is 5.73 Å². The lowest BCUT2D eigenvalue weighted by Gasteiger charge is -2.43. The third-order valence-corrected chi connectivity index (χ3v) is 4.21. The van der Waals surface area contributed by atoms with Gasteiger partial charge in [0.15, 0.2) is 0 Å². The van der Waals surface area contributed by atoms with Gasteiger partial charge in [0.1, 0.15) is 0 Å². The lowest BCUT2D eigenvalue weighted by molar-refractivity contribution is 0.0876. The molecule has 1 saturated heterocycles. The molecule has 0 bridgehead atoms. The molecule has 2 rings (SSSR count). The minimum absolute atomic E-state index is 0.0251. The van der Waals surface area contributed by atoms with Crippen molar-refractivity contribution in [1.82, 2.24) is 4.90 Å². The van der Waals surface area contributed by atoms with Crippen LogP contribution in [-0.2, 0) is 0 Å². The molecule has 94 valence electrons. The largest absolute Gasteiger partial charge is 0.322 e. The fraction of sp³-hybridized carbons (Fsp3) is 0.600. The lowest BCUT2D eigenvalue weighted by atomic mass is 9.87. The van der Waals surface area contributed by atoms with E-state index in [9.17, 15) is 0 Å². The van der Waals surface area contributed by atoms with E-state index in [1.54, 1.807) is 0 Å². The van der Waals surface area contributed by atoms with E-state index in [1.807, 2.05) is 6.07 Å². The van der Waals surface area contributed by atoms with E-state index in [0.29, 0.717) is 6.04 Å². The maximum atomic E-state index is 6.47. The van der Waals surface area contributed by atoms with Crippen molar-refractivity contribution < 1.29 is 0 Å². The number of hydrogen-bond acceptors (Lipinski definition) is 2. The van der Waals surface area contributed by atoms with Crippen LogP contribution in [0.1, 0.15) is 45.2 Å².